The number of carbonyl (C=O) groups excluding carboxylic acids is 1. The van der Waals surface area contributed by atoms with Crippen LogP contribution >= 0.6 is 0 Å². The molecule has 20 heavy (non-hydrogen) atoms. The third-order valence-electron chi connectivity index (χ3n) is 4.37. The van der Waals surface area contributed by atoms with Crippen LogP contribution in [0.5, 0.6) is 5.75 Å². The number of phenols is 1. The Kier molecular flexibility index (Phi) is 4.65. The molecule has 0 radical (unpaired) electrons. The molecule has 1 aromatic carbocycles. The number of carbonyl (C=O) groups is 1. The molecule has 3 N–H and O–H groups in total. The number of nitrogens with zero attached hydrogens (tertiary/aromatic N) is 1. The summed E-state index contributed by atoms with van der Waals surface area (Å²) in [5.41, 5.74) is 7.05. The number of hydrogen-bond donors (Lipinski definition) is 2. The molecule has 1 saturated heterocycles. The summed E-state index contributed by atoms with van der Waals surface area (Å²) in [5.74, 6) is 0.804. The van der Waals surface area contributed by atoms with Gasteiger partial charge in [-0.1, -0.05) is 19.1 Å². The number of nitrogens with two attached hydrogens (primary N) is 1. The number of likely N-dealkylation sites (tertiary alicyclic amines) is 1. The van der Waals surface area contributed by atoms with Crippen molar-refractivity contribution in [2.45, 2.75) is 45.2 Å². The molecule has 1 heterocycles. The highest BCUT2D eigenvalue weighted by Gasteiger charge is 2.31. The lowest BCUT2D eigenvalue weighted by Gasteiger charge is -2.39. The van der Waals surface area contributed by atoms with E-state index in [9.17, 15) is 9.90 Å². The van der Waals surface area contributed by atoms with E-state index in [-0.39, 0.29) is 17.7 Å². The maximum Gasteiger partial charge on any atom is 0.240 e. The molecule has 4 heteroatoms. The van der Waals surface area contributed by atoms with Gasteiger partial charge in [0.15, 0.2) is 0 Å². The molecule has 3 atom stereocenters. The van der Waals surface area contributed by atoms with Crippen molar-refractivity contribution in [3.05, 3.63) is 29.8 Å². The van der Waals surface area contributed by atoms with Crippen molar-refractivity contribution in [2.75, 3.05) is 6.54 Å². The van der Waals surface area contributed by atoms with Crippen LogP contribution in [0, 0.1) is 5.92 Å². The average Bonchev–Trinajstić information content (AvgIpc) is 2.43. The molecule has 1 aromatic rings. The molecule has 0 saturated carbocycles. The predicted molar refractivity (Wildman–Crippen MR) is 79.4 cm³/mol. The van der Waals surface area contributed by atoms with Crippen molar-refractivity contribution in [1.82, 2.24) is 4.90 Å². The topological polar surface area (TPSA) is 66.6 Å². The highest BCUT2D eigenvalue weighted by atomic mass is 16.3. The Hall–Kier alpha value is -1.55. The van der Waals surface area contributed by atoms with Gasteiger partial charge in [0.2, 0.25) is 5.91 Å². The van der Waals surface area contributed by atoms with Crippen LogP contribution in [0.2, 0.25) is 0 Å². The summed E-state index contributed by atoms with van der Waals surface area (Å²) in [4.78, 5) is 14.4. The van der Waals surface area contributed by atoms with Gasteiger partial charge in [0.05, 0.1) is 6.04 Å². The van der Waals surface area contributed by atoms with E-state index in [2.05, 4.69) is 13.8 Å². The first-order valence-electron chi connectivity index (χ1n) is 7.33. The molecule has 2 unspecified atom stereocenters. The van der Waals surface area contributed by atoms with Gasteiger partial charge < -0.3 is 15.7 Å². The van der Waals surface area contributed by atoms with Gasteiger partial charge in [-0.05, 0) is 49.8 Å². The van der Waals surface area contributed by atoms with E-state index in [1.807, 2.05) is 17.0 Å². The molecular weight excluding hydrogens is 252 g/mol. The summed E-state index contributed by atoms with van der Waals surface area (Å²) in [7, 11) is 0. The monoisotopic (exact) mass is 276 g/mol. The second-order valence-corrected chi connectivity index (χ2v) is 5.87. The second kappa shape index (κ2) is 6.27. The second-order valence-electron chi connectivity index (χ2n) is 5.87. The first kappa shape index (κ1) is 14.9. The molecule has 0 aliphatic carbocycles. The number of hydrogen-bond acceptors (Lipinski definition) is 3. The molecule has 0 aromatic heterocycles. The van der Waals surface area contributed by atoms with Crippen molar-refractivity contribution in [3.8, 4) is 5.75 Å². The summed E-state index contributed by atoms with van der Waals surface area (Å²) < 4.78 is 0. The number of aromatic hydroxyl groups is 1. The Balaban J connectivity index is 1.99. The van der Waals surface area contributed by atoms with Crippen LogP contribution in [0.15, 0.2) is 24.3 Å². The quantitative estimate of drug-likeness (QED) is 0.886. The van der Waals surface area contributed by atoms with E-state index in [1.165, 1.54) is 6.42 Å². The lowest BCUT2D eigenvalue weighted by molar-refractivity contribution is -0.137. The Morgan fingerprint density at radius 2 is 2.05 bits per heavy atom. The zero-order chi connectivity index (χ0) is 14.7. The summed E-state index contributed by atoms with van der Waals surface area (Å²) in [5, 5.41) is 9.26. The molecule has 1 aliphatic rings. The molecule has 110 valence electrons. The zero-order valence-electron chi connectivity index (χ0n) is 12.2. The minimum Gasteiger partial charge on any atom is -0.508 e. The summed E-state index contributed by atoms with van der Waals surface area (Å²) >= 11 is 0. The van der Waals surface area contributed by atoms with E-state index in [1.54, 1.807) is 12.1 Å². The van der Waals surface area contributed by atoms with Gasteiger partial charge >= 0.3 is 0 Å². The van der Waals surface area contributed by atoms with Crippen LogP contribution in [-0.4, -0.2) is 34.5 Å². The van der Waals surface area contributed by atoms with Gasteiger partial charge in [-0.15, -0.1) is 0 Å². The Bertz CT molecular complexity index is 458. The third kappa shape index (κ3) is 3.31. The van der Waals surface area contributed by atoms with Crippen molar-refractivity contribution < 1.29 is 9.90 Å². The van der Waals surface area contributed by atoms with Gasteiger partial charge in [0.25, 0.3) is 0 Å². The lowest BCUT2D eigenvalue weighted by Crippen LogP contribution is -2.52. The molecule has 0 spiro atoms. The Morgan fingerprint density at radius 1 is 1.40 bits per heavy atom. The first-order chi connectivity index (χ1) is 9.49. The van der Waals surface area contributed by atoms with Gasteiger partial charge in [-0.3, -0.25) is 4.79 Å². The minimum absolute atomic E-state index is 0.0390. The summed E-state index contributed by atoms with van der Waals surface area (Å²) in [6.45, 7) is 5.11. The van der Waals surface area contributed by atoms with E-state index < -0.39 is 6.04 Å². The van der Waals surface area contributed by atoms with E-state index in [0.29, 0.717) is 12.3 Å². The fraction of sp³-hybridized carbons (Fsp3) is 0.562. The number of benzene rings is 1. The molecular formula is C16H24N2O2. The van der Waals surface area contributed by atoms with E-state index >= 15 is 0 Å². The molecule has 4 nitrogen and oxygen atoms in total. The molecule has 1 amide bonds. The standard InChI is InChI=1S/C16H24N2O2/c1-11-4-3-9-18(12(11)2)16(20)15(17)10-13-5-7-14(19)8-6-13/h5-8,11-12,15,19H,3-4,9-10,17H2,1-2H3/t11?,12?,15-/m0/s1. The number of piperidine rings is 1. The van der Waals surface area contributed by atoms with Crippen LogP contribution in [-0.2, 0) is 11.2 Å². The van der Waals surface area contributed by atoms with E-state index in [0.717, 1.165) is 18.5 Å². The molecule has 1 aliphatic heterocycles. The maximum atomic E-state index is 12.5. The fourth-order valence-corrected chi connectivity index (χ4v) is 2.83. The predicted octanol–water partition coefficient (Wildman–Crippen LogP) is 1.91. The summed E-state index contributed by atoms with van der Waals surface area (Å²) in [6, 6.07) is 6.63. The largest absolute Gasteiger partial charge is 0.508 e. The smallest absolute Gasteiger partial charge is 0.240 e. The Morgan fingerprint density at radius 3 is 2.70 bits per heavy atom. The van der Waals surface area contributed by atoms with Crippen LogP contribution in [0.1, 0.15) is 32.3 Å². The highest BCUT2D eigenvalue weighted by molar-refractivity contribution is 5.82. The lowest BCUT2D eigenvalue weighted by atomic mass is 9.91. The van der Waals surface area contributed by atoms with Crippen molar-refractivity contribution in [1.29, 1.82) is 0 Å². The molecule has 1 fully saturated rings. The average molecular weight is 276 g/mol. The highest BCUT2D eigenvalue weighted by Crippen LogP contribution is 2.23. The number of rotatable bonds is 3. The van der Waals surface area contributed by atoms with Crippen LogP contribution in [0.25, 0.3) is 0 Å². The summed E-state index contributed by atoms with van der Waals surface area (Å²) in [6.07, 6.45) is 2.75. The van der Waals surface area contributed by atoms with Crippen molar-refractivity contribution in [3.63, 3.8) is 0 Å². The van der Waals surface area contributed by atoms with E-state index in [4.69, 9.17) is 5.73 Å². The zero-order valence-corrected chi connectivity index (χ0v) is 12.2. The van der Waals surface area contributed by atoms with Crippen LogP contribution < -0.4 is 5.73 Å². The minimum atomic E-state index is -0.507. The maximum absolute atomic E-state index is 12.5. The third-order valence-corrected chi connectivity index (χ3v) is 4.37. The van der Waals surface area contributed by atoms with Crippen molar-refractivity contribution >= 4 is 5.91 Å². The van der Waals surface area contributed by atoms with Crippen LogP contribution in [0.3, 0.4) is 0 Å². The SMILES string of the molecule is CC1CCCN(C(=O)[C@@H](N)Cc2ccc(O)cc2)C1C. The van der Waals surface area contributed by atoms with Crippen molar-refractivity contribution in [2.24, 2.45) is 11.7 Å². The Labute approximate surface area is 120 Å². The van der Waals surface area contributed by atoms with Gasteiger partial charge in [0.1, 0.15) is 5.75 Å². The van der Waals surface area contributed by atoms with Crippen LogP contribution in [0.4, 0.5) is 0 Å². The van der Waals surface area contributed by atoms with Gasteiger partial charge in [-0.25, -0.2) is 0 Å². The van der Waals surface area contributed by atoms with Gasteiger partial charge in [0, 0.05) is 12.6 Å². The fourth-order valence-electron chi connectivity index (χ4n) is 2.83. The number of phenolic OH excluding ortho intramolecular Hbond substituents is 1. The normalized spacial score (nSPS) is 24.4. The molecule has 0 bridgehead atoms. The molecule has 2 rings (SSSR count). The van der Waals surface area contributed by atoms with Gasteiger partial charge in [-0.2, -0.15) is 0 Å². The number of amides is 1. The first-order valence-corrected chi connectivity index (χ1v) is 7.33.